The molecule has 0 radical (unpaired) electrons. The minimum absolute atomic E-state index is 0.758. The van der Waals surface area contributed by atoms with Gasteiger partial charge in [-0.2, -0.15) is 18.4 Å². The van der Waals surface area contributed by atoms with Gasteiger partial charge >= 0.3 is 6.18 Å². The average molecular weight is 177 g/mol. The Balaban J connectivity index is 2.76. The van der Waals surface area contributed by atoms with Crippen molar-refractivity contribution in [3.63, 3.8) is 0 Å². The fourth-order valence-electron chi connectivity index (χ4n) is 0.965. The number of rotatable bonds is 0. The zero-order chi connectivity index (χ0) is 9.35. The topological polar surface area (TPSA) is 39.4 Å². The van der Waals surface area contributed by atoms with Crippen LogP contribution in [0.1, 0.15) is 0 Å². The van der Waals surface area contributed by atoms with Crippen molar-refractivity contribution in [1.29, 1.82) is 5.26 Å². The number of halogens is 3. The molecule has 6 heteroatoms. The highest BCUT2D eigenvalue weighted by Gasteiger charge is 2.46. The van der Waals surface area contributed by atoms with Gasteiger partial charge in [0.1, 0.15) is 12.1 Å². The summed E-state index contributed by atoms with van der Waals surface area (Å²) in [7, 11) is 1.22. The maximum absolute atomic E-state index is 12.1. The summed E-state index contributed by atoms with van der Waals surface area (Å²) in [4.78, 5) is 4.28. The summed E-state index contributed by atoms with van der Waals surface area (Å²) < 4.78 is 36.2. The van der Waals surface area contributed by atoms with Gasteiger partial charge in [0.15, 0.2) is 6.17 Å². The fourth-order valence-corrected chi connectivity index (χ4v) is 0.965. The molecule has 12 heavy (non-hydrogen) atoms. The van der Waals surface area contributed by atoms with E-state index in [1.807, 2.05) is 0 Å². The van der Waals surface area contributed by atoms with E-state index in [0.717, 1.165) is 11.1 Å². The van der Waals surface area contributed by atoms with Crippen LogP contribution in [-0.4, -0.2) is 36.5 Å². The van der Waals surface area contributed by atoms with E-state index in [1.54, 1.807) is 6.07 Å². The molecule has 0 N–H and O–H groups in total. The summed E-state index contributed by atoms with van der Waals surface area (Å²) in [5.74, 6) is 0. The molecular formula is C6H6F3N3. The Morgan fingerprint density at radius 2 is 2.17 bits per heavy atom. The van der Waals surface area contributed by atoms with E-state index in [-0.39, 0.29) is 0 Å². The molecule has 0 aromatic rings. The molecule has 0 fully saturated rings. The standard InChI is InChI=1S/C6H6F3N3/c1-12-4(6(7,8)9)3-11-5(12)2-10/h3-5H,1H3. The maximum Gasteiger partial charge on any atom is 0.409 e. The van der Waals surface area contributed by atoms with Gasteiger partial charge < -0.3 is 0 Å². The Morgan fingerprint density at radius 1 is 1.58 bits per heavy atom. The van der Waals surface area contributed by atoms with Crippen molar-refractivity contribution >= 4 is 6.21 Å². The van der Waals surface area contributed by atoms with E-state index in [4.69, 9.17) is 5.26 Å². The van der Waals surface area contributed by atoms with Crippen molar-refractivity contribution in [2.45, 2.75) is 18.4 Å². The summed E-state index contributed by atoms with van der Waals surface area (Å²) >= 11 is 0. The summed E-state index contributed by atoms with van der Waals surface area (Å²) in [5, 5.41) is 8.35. The van der Waals surface area contributed by atoms with Gasteiger partial charge in [0, 0.05) is 6.21 Å². The number of nitriles is 1. The number of alkyl halides is 3. The predicted molar refractivity (Wildman–Crippen MR) is 35.5 cm³/mol. The summed E-state index contributed by atoms with van der Waals surface area (Å²) in [6.45, 7) is 0. The highest BCUT2D eigenvalue weighted by molar-refractivity contribution is 5.68. The van der Waals surface area contributed by atoms with Crippen LogP contribution in [0.4, 0.5) is 13.2 Å². The molecule has 2 atom stereocenters. The third-order valence-electron chi connectivity index (χ3n) is 1.64. The maximum atomic E-state index is 12.1. The molecule has 0 spiro atoms. The molecule has 66 valence electrons. The average Bonchev–Trinajstić information content (AvgIpc) is 2.29. The van der Waals surface area contributed by atoms with E-state index in [9.17, 15) is 13.2 Å². The van der Waals surface area contributed by atoms with Crippen LogP contribution in [0.25, 0.3) is 0 Å². The van der Waals surface area contributed by atoms with E-state index in [1.165, 1.54) is 7.05 Å². The predicted octanol–water partition coefficient (Wildman–Crippen LogP) is 0.783. The molecule has 0 bridgehead atoms. The van der Waals surface area contributed by atoms with Crippen molar-refractivity contribution in [3.05, 3.63) is 0 Å². The Kier molecular flexibility index (Phi) is 2.06. The SMILES string of the molecule is CN1C(C#N)N=CC1C(F)(F)F. The number of hydrogen-bond donors (Lipinski definition) is 0. The monoisotopic (exact) mass is 177 g/mol. The molecule has 2 unspecified atom stereocenters. The zero-order valence-electron chi connectivity index (χ0n) is 6.21. The van der Waals surface area contributed by atoms with Crippen LogP contribution in [0.15, 0.2) is 4.99 Å². The normalized spacial score (nSPS) is 30.6. The minimum Gasteiger partial charge on any atom is -0.261 e. The van der Waals surface area contributed by atoms with Crippen molar-refractivity contribution < 1.29 is 13.2 Å². The lowest BCUT2D eigenvalue weighted by Crippen LogP contribution is -2.43. The molecular weight excluding hydrogens is 171 g/mol. The molecule has 0 aliphatic carbocycles. The molecule has 1 aliphatic rings. The van der Waals surface area contributed by atoms with Gasteiger partial charge in [0.2, 0.25) is 0 Å². The first-order chi connectivity index (χ1) is 5.46. The molecule has 1 rings (SSSR count). The van der Waals surface area contributed by atoms with E-state index in [0.29, 0.717) is 0 Å². The minimum atomic E-state index is -4.34. The second-order valence-corrected chi connectivity index (χ2v) is 2.45. The lowest BCUT2D eigenvalue weighted by Gasteiger charge is -2.21. The fraction of sp³-hybridized carbons (Fsp3) is 0.667. The van der Waals surface area contributed by atoms with E-state index in [2.05, 4.69) is 4.99 Å². The Labute approximate surface area is 67.1 Å². The van der Waals surface area contributed by atoms with E-state index < -0.39 is 18.4 Å². The Morgan fingerprint density at radius 3 is 2.42 bits per heavy atom. The first kappa shape index (κ1) is 9.00. The number of hydrogen-bond acceptors (Lipinski definition) is 3. The smallest absolute Gasteiger partial charge is 0.261 e. The molecule has 0 aromatic carbocycles. The zero-order valence-corrected chi connectivity index (χ0v) is 6.21. The molecule has 0 amide bonds. The van der Waals surface area contributed by atoms with Gasteiger partial charge in [0.05, 0.1) is 0 Å². The first-order valence-corrected chi connectivity index (χ1v) is 3.18. The van der Waals surface area contributed by atoms with Crippen molar-refractivity contribution in [1.82, 2.24) is 4.90 Å². The van der Waals surface area contributed by atoms with Crippen LogP contribution in [-0.2, 0) is 0 Å². The van der Waals surface area contributed by atoms with Crippen LogP contribution in [0, 0.1) is 11.3 Å². The number of nitrogens with zero attached hydrogens (tertiary/aromatic N) is 3. The van der Waals surface area contributed by atoms with Crippen molar-refractivity contribution in [2.24, 2.45) is 4.99 Å². The van der Waals surface area contributed by atoms with Crippen LogP contribution < -0.4 is 0 Å². The first-order valence-electron chi connectivity index (χ1n) is 3.18. The highest BCUT2D eigenvalue weighted by atomic mass is 19.4. The van der Waals surface area contributed by atoms with Gasteiger partial charge in [-0.15, -0.1) is 0 Å². The number of aliphatic imine (C=N–C) groups is 1. The highest BCUT2D eigenvalue weighted by Crippen LogP contribution is 2.27. The third kappa shape index (κ3) is 1.41. The summed E-state index contributed by atoms with van der Waals surface area (Å²) in [6, 6.07) is -0.0765. The second-order valence-electron chi connectivity index (χ2n) is 2.45. The van der Waals surface area contributed by atoms with E-state index >= 15 is 0 Å². The Bertz CT molecular complexity index is 239. The molecule has 3 nitrogen and oxygen atoms in total. The second kappa shape index (κ2) is 2.75. The van der Waals surface area contributed by atoms with Gasteiger partial charge in [-0.25, -0.2) is 0 Å². The third-order valence-corrected chi connectivity index (χ3v) is 1.64. The van der Waals surface area contributed by atoms with Crippen LogP contribution in [0.2, 0.25) is 0 Å². The molecule has 0 saturated carbocycles. The van der Waals surface area contributed by atoms with Crippen LogP contribution in [0.5, 0.6) is 0 Å². The Hall–Kier alpha value is -1.09. The largest absolute Gasteiger partial charge is 0.409 e. The van der Waals surface area contributed by atoms with Gasteiger partial charge in [-0.1, -0.05) is 0 Å². The molecule has 0 saturated heterocycles. The van der Waals surface area contributed by atoms with Crippen molar-refractivity contribution in [3.8, 4) is 6.07 Å². The lowest BCUT2D eigenvalue weighted by molar-refractivity contribution is -0.159. The molecule has 1 aliphatic heterocycles. The summed E-state index contributed by atoms with van der Waals surface area (Å²) in [5.41, 5.74) is 0. The van der Waals surface area contributed by atoms with Crippen LogP contribution in [0.3, 0.4) is 0 Å². The quantitative estimate of drug-likeness (QED) is 0.548. The van der Waals surface area contributed by atoms with Gasteiger partial charge in [-0.3, -0.25) is 9.89 Å². The van der Waals surface area contributed by atoms with Gasteiger partial charge in [-0.05, 0) is 7.05 Å². The van der Waals surface area contributed by atoms with Gasteiger partial charge in [0.25, 0.3) is 0 Å². The molecule has 1 heterocycles. The van der Waals surface area contributed by atoms with Crippen LogP contribution >= 0.6 is 0 Å². The lowest BCUT2D eigenvalue weighted by atomic mass is 10.3. The summed E-state index contributed by atoms with van der Waals surface area (Å²) in [6.07, 6.45) is -4.59. The van der Waals surface area contributed by atoms with Crippen molar-refractivity contribution in [2.75, 3.05) is 7.05 Å². The molecule has 0 aromatic heterocycles.